The van der Waals surface area contributed by atoms with Crippen molar-refractivity contribution in [1.82, 2.24) is 9.78 Å². The first-order valence-corrected chi connectivity index (χ1v) is 6.39. The van der Waals surface area contributed by atoms with Gasteiger partial charge in [-0.3, -0.25) is 14.3 Å². The van der Waals surface area contributed by atoms with Crippen LogP contribution < -0.4 is 5.32 Å². The molecule has 1 heterocycles. The highest BCUT2D eigenvalue weighted by atomic mass is 35.5. The van der Waals surface area contributed by atoms with Crippen molar-refractivity contribution in [3.05, 3.63) is 46.2 Å². The summed E-state index contributed by atoms with van der Waals surface area (Å²) in [6.45, 7) is 3.28. The fraction of sp³-hybridized carbons (Fsp3) is 0.214. The number of Topliss-reactive ketones (excluding diaryl/α,β-unsaturated/α-hetero) is 1. The van der Waals surface area contributed by atoms with Gasteiger partial charge in [0.05, 0.1) is 10.7 Å². The SMILES string of the molecule is CC(=O)c1ccc(NC(=O)c2nn(C)c(C)c2Cl)cc1. The van der Waals surface area contributed by atoms with Crippen molar-refractivity contribution in [3.63, 3.8) is 0 Å². The van der Waals surface area contributed by atoms with Crippen molar-refractivity contribution >= 4 is 29.0 Å². The molecule has 2 aromatic rings. The normalized spacial score (nSPS) is 10.4. The molecule has 0 fully saturated rings. The molecule has 1 aromatic carbocycles. The molecule has 0 bridgehead atoms. The van der Waals surface area contributed by atoms with Crippen LogP contribution in [0.3, 0.4) is 0 Å². The predicted octanol–water partition coefficient (Wildman–Crippen LogP) is 2.84. The highest BCUT2D eigenvalue weighted by molar-refractivity contribution is 6.34. The number of rotatable bonds is 3. The van der Waals surface area contributed by atoms with Crippen molar-refractivity contribution in [1.29, 1.82) is 0 Å². The number of halogens is 1. The number of carbonyl (C=O) groups is 2. The number of nitrogens with zero attached hydrogens (tertiary/aromatic N) is 2. The van der Waals surface area contributed by atoms with E-state index in [1.807, 2.05) is 0 Å². The van der Waals surface area contributed by atoms with Gasteiger partial charge in [-0.2, -0.15) is 5.10 Å². The zero-order valence-electron chi connectivity index (χ0n) is 11.4. The van der Waals surface area contributed by atoms with E-state index in [4.69, 9.17) is 11.6 Å². The number of aromatic nitrogens is 2. The standard InChI is InChI=1S/C14H14ClN3O2/c1-8-12(15)13(17-18(8)3)14(20)16-11-6-4-10(5-7-11)9(2)19/h4-7H,1-3H3,(H,16,20). The highest BCUT2D eigenvalue weighted by Gasteiger charge is 2.18. The van der Waals surface area contributed by atoms with E-state index in [1.165, 1.54) is 6.92 Å². The van der Waals surface area contributed by atoms with Crippen LogP contribution in [-0.2, 0) is 7.05 Å². The number of ketones is 1. The Bertz CT molecular complexity index is 674. The van der Waals surface area contributed by atoms with E-state index < -0.39 is 0 Å². The summed E-state index contributed by atoms with van der Waals surface area (Å²) < 4.78 is 1.55. The van der Waals surface area contributed by atoms with Crippen molar-refractivity contribution in [3.8, 4) is 0 Å². The Morgan fingerprint density at radius 2 is 1.85 bits per heavy atom. The Kier molecular flexibility index (Phi) is 3.90. The van der Waals surface area contributed by atoms with Gasteiger partial charge in [0.2, 0.25) is 0 Å². The Morgan fingerprint density at radius 1 is 1.25 bits per heavy atom. The number of amides is 1. The third-order valence-corrected chi connectivity index (χ3v) is 3.48. The Balaban J connectivity index is 2.19. The maximum Gasteiger partial charge on any atom is 0.277 e. The van der Waals surface area contributed by atoms with Crippen LogP contribution in [0.1, 0.15) is 33.5 Å². The first kappa shape index (κ1) is 14.3. The number of carbonyl (C=O) groups excluding carboxylic acids is 2. The lowest BCUT2D eigenvalue weighted by molar-refractivity contribution is 0.101. The second kappa shape index (κ2) is 5.46. The fourth-order valence-electron chi connectivity index (χ4n) is 1.71. The van der Waals surface area contributed by atoms with E-state index in [9.17, 15) is 9.59 Å². The fourth-order valence-corrected chi connectivity index (χ4v) is 1.95. The second-order valence-electron chi connectivity index (χ2n) is 4.46. The number of aryl methyl sites for hydroxylation is 1. The maximum absolute atomic E-state index is 12.1. The molecule has 0 saturated carbocycles. The molecular weight excluding hydrogens is 278 g/mol. The van der Waals surface area contributed by atoms with E-state index in [0.717, 1.165) is 5.69 Å². The molecule has 104 valence electrons. The van der Waals surface area contributed by atoms with E-state index in [1.54, 1.807) is 42.9 Å². The van der Waals surface area contributed by atoms with Crippen LogP contribution in [0.2, 0.25) is 5.02 Å². The van der Waals surface area contributed by atoms with E-state index >= 15 is 0 Å². The minimum absolute atomic E-state index is 0.0220. The van der Waals surface area contributed by atoms with Gasteiger partial charge in [0.25, 0.3) is 5.91 Å². The van der Waals surface area contributed by atoms with Crippen LogP contribution in [0.4, 0.5) is 5.69 Å². The topological polar surface area (TPSA) is 64.0 Å². The molecule has 6 heteroatoms. The Labute approximate surface area is 121 Å². The lowest BCUT2D eigenvalue weighted by atomic mass is 10.1. The zero-order valence-corrected chi connectivity index (χ0v) is 12.2. The van der Waals surface area contributed by atoms with Crippen LogP contribution >= 0.6 is 11.6 Å². The largest absolute Gasteiger partial charge is 0.321 e. The Morgan fingerprint density at radius 3 is 2.30 bits per heavy atom. The molecule has 20 heavy (non-hydrogen) atoms. The molecule has 0 radical (unpaired) electrons. The monoisotopic (exact) mass is 291 g/mol. The smallest absolute Gasteiger partial charge is 0.277 e. The van der Waals surface area contributed by atoms with Crippen molar-refractivity contribution < 1.29 is 9.59 Å². The van der Waals surface area contributed by atoms with Gasteiger partial charge in [-0.05, 0) is 38.1 Å². The first-order valence-electron chi connectivity index (χ1n) is 6.01. The summed E-state index contributed by atoms with van der Waals surface area (Å²) in [5.74, 6) is -0.402. The Hall–Kier alpha value is -2.14. The number of nitrogens with one attached hydrogen (secondary N) is 1. The molecule has 1 amide bonds. The highest BCUT2D eigenvalue weighted by Crippen LogP contribution is 2.20. The van der Waals surface area contributed by atoms with E-state index in [2.05, 4.69) is 10.4 Å². The summed E-state index contributed by atoms with van der Waals surface area (Å²) >= 11 is 6.05. The molecule has 0 aliphatic rings. The molecule has 0 unspecified atom stereocenters. The van der Waals surface area contributed by atoms with Crippen LogP contribution in [0.5, 0.6) is 0 Å². The van der Waals surface area contributed by atoms with Gasteiger partial charge < -0.3 is 5.32 Å². The van der Waals surface area contributed by atoms with Crippen molar-refractivity contribution in [2.24, 2.45) is 7.05 Å². The predicted molar refractivity (Wildman–Crippen MR) is 77.4 cm³/mol. The van der Waals surface area contributed by atoms with Gasteiger partial charge in [0, 0.05) is 18.3 Å². The van der Waals surface area contributed by atoms with Crippen LogP contribution in [0, 0.1) is 6.92 Å². The first-order chi connectivity index (χ1) is 9.40. The molecule has 0 saturated heterocycles. The third-order valence-electron chi connectivity index (χ3n) is 3.03. The van der Waals surface area contributed by atoms with Gasteiger partial charge in [-0.25, -0.2) is 0 Å². The summed E-state index contributed by atoms with van der Waals surface area (Å²) in [4.78, 5) is 23.2. The summed E-state index contributed by atoms with van der Waals surface area (Å²) in [7, 11) is 1.72. The summed E-state index contributed by atoms with van der Waals surface area (Å²) in [6.07, 6.45) is 0. The molecule has 0 spiro atoms. The third kappa shape index (κ3) is 2.72. The van der Waals surface area contributed by atoms with Gasteiger partial charge >= 0.3 is 0 Å². The van der Waals surface area contributed by atoms with E-state index in [0.29, 0.717) is 16.3 Å². The lowest BCUT2D eigenvalue weighted by Crippen LogP contribution is -2.13. The van der Waals surface area contributed by atoms with Gasteiger partial charge in [-0.15, -0.1) is 0 Å². The van der Waals surface area contributed by atoms with Gasteiger partial charge in [0.15, 0.2) is 11.5 Å². The molecular formula is C14H14ClN3O2. The lowest BCUT2D eigenvalue weighted by Gasteiger charge is -2.04. The summed E-state index contributed by atoms with van der Waals surface area (Å²) in [6, 6.07) is 6.64. The minimum Gasteiger partial charge on any atom is -0.321 e. The quantitative estimate of drug-likeness (QED) is 0.885. The minimum atomic E-state index is -0.380. The summed E-state index contributed by atoms with van der Waals surface area (Å²) in [5.41, 5.74) is 2.08. The molecule has 5 nitrogen and oxygen atoms in total. The van der Waals surface area contributed by atoms with E-state index in [-0.39, 0.29) is 17.4 Å². The molecule has 0 aliphatic carbocycles. The van der Waals surface area contributed by atoms with Gasteiger partial charge in [-0.1, -0.05) is 11.6 Å². The molecule has 1 aromatic heterocycles. The number of hydrogen-bond donors (Lipinski definition) is 1. The number of hydrogen-bond acceptors (Lipinski definition) is 3. The van der Waals surface area contributed by atoms with Crippen LogP contribution in [-0.4, -0.2) is 21.5 Å². The molecule has 0 atom stereocenters. The number of benzene rings is 1. The molecule has 1 N–H and O–H groups in total. The van der Waals surface area contributed by atoms with Crippen LogP contribution in [0.15, 0.2) is 24.3 Å². The molecule has 0 aliphatic heterocycles. The van der Waals surface area contributed by atoms with Crippen molar-refractivity contribution in [2.75, 3.05) is 5.32 Å². The average Bonchev–Trinajstić information content (AvgIpc) is 2.67. The molecule has 2 rings (SSSR count). The zero-order chi connectivity index (χ0) is 14.9. The van der Waals surface area contributed by atoms with Gasteiger partial charge in [0.1, 0.15) is 0 Å². The van der Waals surface area contributed by atoms with Crippen molar-refractivity contribution in [2.45, 2.75) is 13.8 Å². The van der Waals surface area contributed by atoms with Crippen LogP contribution in [0.25, 0.3) is 0 Å². The average molecular weight is 292 g/mol. The summed E-state index contributed by atoms with van der Waals surface area (Å²) in [5, 5.41) is 7.10. The second-order valence-corrected chi connectivity index (χ2v) is 4.84. The number of anilines is 1. The maximum atomic E-state index is 12.1.